The van der Waals surface area contributed by atoms with Gasteiger partial charge in [0.15, 0.2) is 11.8 Å². The van der Waals surface area contributed by atoms with Gasteiger partial charge in [0.2, 0.25) is 5.89 Å². The molecule has 136 valence electrons. The van der Waals surface area contributed by atoms with Crippen molar-refractivity contribution in [2.45, 2.75) is 25.9 Å². The van der Waals surface area contributed by atoms with Crippen molar-refractivity contribution in [3.05, 3.63) is 40.5 Å². The molecule has 1 unspecified atom stereocenters. The van der Waals surface area contributed by atoms with Crippen LogP contribution >= 0.6 is 39.9 Å². The van der Waals surface area contributed by atoms with Crippen molar-refractivity contribution in [3.63, 3.8) is 0 Å². The fourth-order valence-electron chi connectivity index (χ4n) is 2.73. The standard InChI is InChI=1S/C16H21BrN6O.HI/c1-11-20-15(22-24-11)9-19-16(18-2)21-13-7-8-23(10-13)14-5-3-12(17)4-6-14;/h3-6,13H,7-10H2,1-2H3,(H2,18,19,21);1H. The minimum atomic E-state index is 0. The Morgan fingerprint density at radius 1 is 1.40 bits per heavy atom. The summed E-state index contributed by atoms with van der Waals surface area (Å²) in [5.74, 6) is 1.94. The number of guanidine groups is 1. The molecule has 1 fully saturated rings. The van der Waals surface area contributed by atoms with Crippen LogP contribution in [0.3, 0.4) is 0 Å². The van der Waals surface area contributed by atoms with Crippen molar-refractivity contribution >= 4 is 51.6 Å². The molecule has 0 spiro atoms. The molecule has 1 aliphatic rings. The van der Waals surface area contributed by atoms with E-state index in [0.717, 1.165) is 29.9 Å². The maximum atomic E-state index is 4.96. The zero-order chi connectivity index (χ0) is 16.9. The third-order valence-corrected chi connectivity index (χ3v) is 4.46. The molecule has 25 heavy (non-hydrogen) atoms. The van der Waals surface area contributed by atoms with Crippen LogP contribution in [0.5, 0.6) is 0 Å². The lowest BCUT2D eigenvalue weighted by Gasteiger charge is -2.20. The number of aromatic nitrogens is 2. The summed E-state index contributed by atoms with van der Waals surface area (Å²) in [6.07, 6.45) is 1.07. The van der Waals surface area contributed by atoms with E-state index in [0.29, 0.717) is 24.3 Å². The van der Waals surface area contributed by atoms with E-state index < -0.39 is 0 Å². The highest BCUT2D eigenvalue weighted by atomic mass is 127. The molecule has 1 aromatic heterocycles. The summed E-state index contributed by atoms with van der Waals surface area (Å²) < 4.78 is 6.06. The zero-order valence-corrected chi connectivity index (χ0v) is 18.1. The SMILES string of the molecule is CN=C(NCc1noc(C)n1)NC1CCN(c2ccc(Br)cc2)C1.I. The molecule has 0 radical (unpaired) electrons. The Balaban J connectivity index is 0.00000225. The molecule has 1 aliphatic heterocycles. The molecular formula is C16H22BrIN6O. The Morgan fingerprint density at radius 2 is 2.16 bits per heavy atom. The second kappa shape index (κ2) is 9.37. The number of rotatable bonds is 4. The van der Waals surface area contributed by atoms with Crippen LogP contribution in [0.2, 0.25) is 0 Å². The summed E-state index contributed by atoms with van der Waals surface area (Å²) in [6.45, 7) is 4.24. The first-order valence-corrected chi connectivity index (χ1v) is 8.70. The van der Waals surface area contributed by atoms with Gasteiger partial charge in [-0.05, 0) is 30.7 Å². The van der Waals surface area contributed by atoms with Gasteiger partial charge in [-0.25, -0.2) is 0 Å². The first-order chi connectivity index (χ1) is 11.6. The van der Waals surface area contributed by atoms with Crippen molar-refractivity contribution < 1.29 is 4.52 Å². The Labute approximate surface area is 172 Å². The topological polar surface area (TPSA) is 78.6 Å². The highest BCUT2D eigenvalue weighted by molar-refractivity contribution is 14.0. The Bertz CT molecular complexity index is 705. The highest BCUT2D eigenvalue weighted by Gasteiger charge is 2.23. The quantitative estimate of drug-likeness (QED) is 0.366. The molecule has 2 N–H and O–H groups in total. The zero-order valence-electron chi connectivity index (χ0n) is 14.2. The predicted octanol–water partition coefficient (Wildman–Crippen LogP) is 2.70. The van der Waals surface area contributed by atoms with Crippen LogP contribution in [0.25, 0.3) is 0 Å². The van der Waals surface area contributed by atoms with Crippen molar-refractivity contribution in [1.82, 2.24) is 20.8 Å². The minimum absolute atomic E-state index is 0. The van der Waals surface area contributed by atoms with E-state index in [4.69, 9.17) is 4.52 Å². The molecule has 7 nitrogen and oxygen atoms in total. The van der Waals surface area contributed by atoms with Crippen LogP contribution < -0.4 is 15.5 Å². The molecule has 0 aliphatic carbocycles. The van der Waals surface area contributed by atoms with Gasteiger partial charge in [-0.2, -0.15) is 4.98 Å². The number of aliphatic imine (C=N–C) groups is 1. The largest absolute Gasteiger partial charge is 0.369 e. The number of halogens is 2. The van der Waals surface area contributed by atoms with Gasteiger partial charge in [0, 0.05) is 43.3 Å². The van der Waals surface area contributed by atoms with Crippen molar-refractivity contribution in [2.75, 3.05) is 25.0 Å². The van der Waals surface area contributed by atoms with E-state index in [-0.39, 0.29) is 24.0 Å². The molecule has 2 heterocycles. The van der Waals surface area contributed by atoms with Gasteiger partial charge in [0.1, 0.15) is 0 Å². The summed E-state index contributed by atoms with van der Waals surface area (Å²) in [5.41, 5.74) is 1.24. The molecule has 3 rings (SSSR count). The Morgan fingerprint density at radius 3 is 2.80 bits per heavy atom. The summed E-state index contributed by atoms with van der Waals surface area (Å²) in [5, 5.41) is 10.5. The Hall–Kier alpha value is -1.36. The predicted molar refractivity (Wildman–Crippen MR) is 113 cm³/mol. The third-order valence-electron chi connectivity index (χ3n) is 3.93. The second-order valence-corrected chi connectivity index (χ2v) is 6.62. The van der Waals surface area contributed by atoms with Crippen molar-refractivity contribution in [1.29, 1.82) is 0 Å². The van der Waals surface area contributed by atoms with E-state index in [9.17, 15) is 0 Å². The Kier molecular flexibility index (Phi) is 7.48. The molecule has 0 bridgehead atoms. The average Bonchev–Trinajstić information content (AvgIpc) is 3.21. The van der Waals surface area contributed by atoms with Gasteiger partial charge < -0.3 is 20.1 Å². The van der Waals surface area contributed by atoms with Gasteiger partial charge >= 0.3 is 0 Å². The molecule has 1 saturated heterocycles. The lowest BCUT2D eigenvalue weighted by molar-refractivity contribution is 0.386. The lowest BCUT2D eigenvalue weighted by Crippen LogP contribution is -2.44. The van der Waals surface area contributed by atoms with E-state index in [1.165, 1.54) is 5.69 Å². The highest BCUT2D eigenvalue weighted by Crippen LogP contribution is 2.22. The van der Waals surface area contributed by atoms with Crippen molar-refractivity contribution in [2.24, 2.45) is 4.99 Å². The molecule has 0 amide bonds. The summed E-state index contributed by atoms with van der Waals surface area (Å²) in [6, 6.07) is 8.77. The van der Waals surface area contributed by atoms with E-state index >= 15 is 0 Å². The van der Waals surface area contributed by atoms with Crippen LogP contribution in [0.1, 0.15) is 18.1 Å². The number of benzene rings is 1. The average molecular weight is 521 g/mol. The maximum Gasteiger partial charge on any atom is 0.223 e. The summed E-state index contributed by atoms with van der Waals surface area (Å²) in [4.78, 5) is 10.8. The van der Waals surface area contributed by atoms with E-state index in [1.54, 1.807) is 14.0 Å². The molecule has 1 atom stereocenters. The number of aryl methyl sites for hydroxylation is 1. The monoisotopic (exact) mass is 520 g/mol. The summed E-state index contributed by atoms with van der Waals surface area (Å²) >= 11 is 3.47. The van der Waals surface area contributed by atoms with Crippen molar-refractivity contribution in [3.8, 4) is 0 Å². The van der Waals surface area contributed by atoms with E-state index in [1.807, 2.05) is 0 Å². The van der Waals surface area contributed by atoms with Crippen LogP contribution in [-0.4, -0.2) is 42.3 Å². The fraction of sp³-hybridized carbons (Fsp3) is 0.438. The third kappa shape index (κ3) is 5.56. The van der Waals surface area contributed by atoms with Gasteiger partial charge in [-0.3, -0.25) is 4.99 Å². The number of hydrogen-bond acceptors (Lipinski definition) is 5. The minimum Gasteiger partial charge on any atom is -0.369 e. The van der Waals surface area contributed by atoms with Crippen LogP contribution in [0, 0.1) is 6.92 Å². The smallest absolute Gasteiger partial charge is 0.223 e. The first kappa shape index (κ1) is 20.0. The van der Waals surface area contributed by atoms with Crippen LogP contribution in [0.4, 0.5) is 5.69 Å². The van der Waals surface area contributed by atoms with Crippen LogP contribution in [-0.2, 0) is 6.54 Å². The molecule has 1 aromatic carbocycles. The lowest BCUT2D eigenvalue weighted by atomic mass is 10.3. The van der Waals surface area contributed by atoms with Gasteiger partial charge in [0.05, 0.1) is 6.54 Å². The number of nitrogens with zero attached hydrogens (tertiary/aromatic N) is 4. The molecule has 2 aromatic rings. The second-order valence-electron chi connectivity index (χ2n) is 5.71. The van der Waals surface area contributed by atoms with Gasteiger partial charge in [0.25, 0.3) is 0 Å². The first-order valence-electron chi connectivity index (χ1n) is 7.91. The van der Waals surface area contributed by atoms with E-state index in [2.05, 4.69) is 70.9 Å². The molecular weight excluding hydrogens is 499 g/mol. The maximum absolute atomic E-state index is 4.96. The number of hydrogen-bond donors (Lipinski definition) is 2. The van der Waals surface area contributed by atoms with Crippen LogP contribution in [0.15, 0.2) is 38.3 Å². The van der Waals surface area contributed by atoms with Gasteiger partial charge in [-0.1, -0.05) is 21.1 Å². The van der Waals surface area contributed by atoms with Gasteiger partial charge in [-0.15, -0.1) is 24.0 Å². The molecule has 0 saturated carbocycles. The summed E-state index contributed by atoms with van der Waals surface area (Å²) in [7, 11) is 1.76. The number of nitrogens with one attached hydrogen (secondary N) is 2. The molecule has 9 heteroatoms. The number of anilines is 1. The fourth-order valence-corrected chi connectivity index (χ4v) is 2.99. The normalized spacial score (nSPS) is 17.3.